The van der Waals surface area contributed by atoms with Gasteiger partial charge in [-0.3, -0.25) is 0 Å². The van der Waals surface area contributed by atoms with E-state index in [0.29, 0.717) is 12.1 Å². The van der Waals surface area contributed by atoms with E-state index in [1.165, 1.54) is 19.3 Å². The van der Waals surface area contributed by atoms with Gasteiger partial charge in [-0.05, 0) is 38.3 Å². The van der Waals surface area contributed by atoms with Crippen molar-refractivity contribution in [2.24, 2.45) is 0 Å². The molecule has 0 aliphatic carbocycles. The fourth-order valence-corrected chi connectivity index (χ4v) is 3.63. The van der Waals surface area contributed by atoms with Gasteiger partial charge in [-0.2, -0.15) is 0 Å². The van der Waals surface area contributed by atoms with Gasteiger partial charge in [-0.1, -0.05) is 36.8 Å². The second kappa shape index (κ2) is 4.11. The molecule has 2 atom stereocenters. The average molecular weight is 231 g/mol. The zero-order valence-corrected chi connectivity index (χ0v) is 10.5. The molecule has 3 rings (SSSR count). The summed E-state index contributed by atoms with van der Waals surface area (Å²) in [5.41, 5.74) is 0.508. The lowest BCUT2D eigenvalue weighted by atomic mass is 9.73. The van der Waals surface area contributed by atoms with Gasteiger partial charge >= 0.3 is 0 Å². The normalized spacial score (nSPS) is 38.0. The second-order valence-corrected chi connectivity index (χ2v) is 5.71. The van der Waals surface area contributed by atoms with Crippen LogP contribution in [0.15, 0.2) is 30.3 Å². The minimum absolute atomic E-state index is 0.563. The Morgan fingerprint density at radius 1 is 1.12 bits per heavy atom. The number of piperidine rings is 2. The summed E-state index contributed by atoms with van der Waals surface area (Å²) >= 11 is 0. The van der Waals surface area contributed by atoms with Crippen LogP contribution in [-0.4, -0.2) is 29.1 Å². The van der Waals surface area contributed by atoms with Gasteiger partial charge in [0.2, 0.25) is 0 Å². The summed E-state index contributed by atoms with van der Waals surface area (Å²) < 4.78 is 0. The van der Waals surface area contributed by atoms with Gasteiger partial charge in [0.25, 0.3) is 0 Å². The summed E-state index contributed by atoms with van der Waals surface area (Å²) in [5.74, 6) is 0. The summed E-state index contributed by atoms with van der Waals surface area (Å²) in [7, 11) is 2.22. The maximum atomic E-state index is 10.9. The maximum Gasteiger partial charge on any atom is 0.0926 e. The molecular formula is C15H21NO. The molecule has 0 saturated carbocycles. The molecule has 2 fully saturated rings. The first-order chi connectivity index (χ1) is 8.19. The topological polar surface area (TPSA) is 23.5 Å². The first-order valence-electron chi connectivity index (χ1n) is 6.69. The van der Waals surface area contributed by atoms with Crippen molar-refractivity contribution in [3.8, 4) is 0 Å². The molecule has 2 aliphatic heterocycles. The Hall–Kier alpha value is -0.860. The summed E-state index contributed by atoms with van der Waals surface area (Å²) in [6, 6.07) is 11.3. The predicted octanol–water partition coefficient (Wildman–Crippen LogP) is 2.52. The standard InChI is InChI=1S/C15H21NO/c1-16-13-8-5-9-14(16)11-15(17,10-13)12-6-3-2-4-7-12/h2-4,6-7,13-14,17H,5,8-11H2,1H3. The second-order valence-electron chi connectivity index (χ2n) is 5.71. The summed E-state index contributed by atoms with van der Waals surface area (Å²) in [5, 5.41) is 10.9. The Kier molecular flexibility index (Phi) is 2.72. The third-order valence-corrected chi connectivity index (χ3v) is 4.68. The number of hydrogen-bond donors (Lipinski definition) is 1. The first-order valence-corrected chi connectivity index (χ1v) is 6.69. The van der Waals surface area contributed by atoms with Crippen molar-refractivity contribution >= 4 is 0 Å². The first kappa shape index (κ1) is 11.2. The number of hydrogen-bond acceptors (Lipinski definition) is 2. The third kappa shape index (κ3) is 1.90. The van der Waals surface area contributed by atoms with Gasteiger partial charge < -0.3 is 10.0 Å². The fraction of sp³-hybridized carbons (Fsp3) is 0.600. The van der Waals surface area contributed by atoms with Crippen LogP contribution < -0.4 is 0 Å². The van der Waals surface area contributed by atoms with Crippen molar-refractivity contribution in [1.82, 2.24) is 4.90 Å². The monoisotopic (exact) mass is 231 g/mol. The van der Waals surface area contributed by atoms with E-state index in [1.807, 2.05) is 18.2 Å². The highest BCUT2D eigenvalue weighted by Crippen LogP contribution is 2.43. The Balaban J connectivity index is 1.90. The molecule has 2 unspecified atom stereocenters. The highest BCUT2D eigenvalue weighted by molar-refractivity contribution is 5.24. The lowest BCUT2D eigenvalue weighted by Crippen LogP contribution is -2.55. The SMILES string of the molecule is CN1C2CCCC1CC(O)(c1ccccc1)C2. The Bertz CT molecular complexity index is 375. The highest BCUT2D eigenvalue weighted by Gasteiger charge is 2.44. The van der Waals surface area contributed by atoms with Gasteiger partial charge in [-0.15, -0.1) is 0 Å². The zero-order valence-electron chi connectivity index (χ0n) is 10.5. The predicted molar refractivity (Wildman–Crippen MR) is 68.8 cm³/mol. The van der Waals surface area contributed by atoms with Crippen LogP contribution in [-0.2, 0) is 5.60 Å². The lowest BCUT2D eigenvalue weighted by Gasteiger charge is -2.50. The van der Waals surface area contributed by atoms with Gasteiger partial charge in [-0.25, -0.2) is 0 Å². The molecule has 1 aromatic rings. The van der Waals surface area contributed by atoms with Crippen LogP contribution in [0.5, 0.6) is 0 Å². The van der Waals surface area contributed by atoms with Crippen LogP contribution in [0.1, 0.15) is 37.7 Å². The van der Waals surface area contributed by atoms with Crippen LogP contribution in [0, 0.1) is 0 Å². The number of rotatable bonds is 1. The minimum atomic E-state index is -0.594. The highest BCUT2D eigenvalue weighted by atomic mass is 16.3. The molecule has 1 N–H and O–H groups in total. The quantitative estimate of drug-likeness (QED) is 0.803. The largest absolute Gasteiger partial charge is 0.385 e. The van der Waals surface area contributed by atoms with E-state index >= 15 is 0 Å². The molecule has 0 amide bonds. The molecule has 2 heterocycles. The van der Waals surface area contributed by atoms with E-state index in [2.05, 4.69) is 24.1 Å². The Labute approximate surface area is 103 Å². The third-order valence-electron chi connectivity index (χ3n) is 4.68. The van der Waals surface area contributed by atoms with Crippen molar-refractivity contribution in [2.45, 2.75) is 49.8 Å². The van der Waals surface area contributed by atoms with E-state index in [0.717, 1.165) is 18.4 Å². The summed E-state index contributed by atoms with van der Waals surface area (Å²) in [6.45, 7) is 0. The minimum Gasteiger partial charge on any atom is -0.385 e. The molecule has 2 aliphatic rings. The average Bonchev–Trinajstić information content (AvgIpc) is 2.33. The van der Waals surface area contributed by atoms with Crippen molar-refractivity contribution in [3.63, 3.8) is 0 Å². The van der Waals surface area contributed by atoms with Gasteiger partial charge in [0.15, 0.2) is 0 Å². The van der Waals surface area contributed by atoms with E-state index in [1.54, 1.807) is 0 Å². The molecule has 92 valence electrons. The molecular weight excluding hydrogens is 210 g/mol. The molecule has 0 spiro atoms. The van der Waals surface area contributed by atoms with Gasteiger partial charge in [0.05, 0.1) is 5.60 Å². The van der Waals surface area contributed by atoms with Crippen LogP contribution in [0.4, 0.5) is 0 Å². The van der Waals surface area contributed by atoms with E-state index in [9.17, 15) is 5.11 Å². The van der Waals surface area contributed by atoms with Crippen LogP contribution in [0.3, 0.4) is 0 Å². The van der Waals surface area contributed by atoms with Crippen LogP contribution >= 0.6 is 0 Å². The van der Waals surface area contributed by atoms with Crippen molar-refractivity contribution in [1.29, 1.82) is 0 Å². The molecule has 17 heavy (non-hydrogen) atoms. The van der Waals surface area contributed by atoms with Crippen molar-refractivity contribution in [2.75, 3.05) is 7.05 Å². The Morgan fingerprint density at radius 2 is 1.71 bits per heavy atom. The molecule has 0 aromatic heterocycles. The number of nitrogens with zero attached hydrogens (tertiary/aromatic N) is 1. The molecule has 2 bridgehead atoms. The van der Waals surface area contributed by atoms with Crippen LogP contribution in [0.25, 0.3) is 0 Å². The summed E-state index contributed by atoms with van der Waals surface area (Å²) in [4.78, 5) is 2.49. The van der Waals surface area contributed by atoms with Gasteiger partial charge in [0, 0.05) is 12.1 Å². The van der Waals surface area contributed by atoms with Crippen molar-refractivity contribution in [3.05, 3.63) is 35.9 Å². The van der Waals surface area contributed by atoms with Crippen molar-refractivity contribution < 1.29 is 5.11 Å². The fourth-order valence-electron chi connectivity index (χ4n) is 3.63. The Morgan fingerprint density at radius 3 is 2.29 bits per heavy atom. The number of benzene rings is 1. The molecule has 1 aromatic carbocycles. The molecule has 2 nitrogen and oxygen atoms in total. The van der Waals surface area contributed by atoms with Crippen LogP contribution in [0.2, 0.25) is 0 Å². The zero-order chi connectivity index (χ0) is 11.9. The number of fused-ring (bicyclic) bond motifs is 2. The van der Waals surface area contributed by atoms with E-state index in [-0.39, 0.29) is 0 Å². The molecule has 2 saturated heterocycles. The summed E-state index contributed by atoms with van der Waals surface area (Å²) in [6.07, 6.45) is 5.59. The van der Waals surface area contributed by atoms with E-state index < -0.39 is 5.60 Å². The lowest BCUT2D eigenvalue weighted by molar-refractivity contribution is -0.0874. The number of aliphatic hydroxyl groups is 1. The molecule has 2 heteroatoms. The van der Waals surface area contributed by atoms with Gasteiger partial charge in [0.1, 0.15) is 0 Å². The maximum absolute atomic E-state index is 10.9. The smallest absolute Gasteiger partial charge is 0.0926 e. The van der Waals surface area contributed by atoms with E-state index in [4.69, 9.17) is 0 Å². The molecule has 0 radical (unpaired) electrons.